The highest BCUT2D eigenvalue weighted by atomic mass is 16.5. The van der Waals surface area contributed by atoms with Gasteiger partial charge in [-0.15, -0.1) is 0 Å². The Kier molecular flexibility index (Phi) is 9.79. The van der Waals surface area contributed by atoms with E-state index < -0.39 is 11.9 Å². The summed E-state index contributed by atoms with van der Waals surface area (Å²) in [5.41, 5.74) is 14.6. The Balaban J connectivity index is 1.46. The third kappa shape index (κ3) is 7.26. The van der Waals surface area contributed by atoms with Crippen molar-refractivity contribution in [3.05, 3.63) is 83.8 Å². The van der Waals surface area contributed by atoms with E-state index in [4.69, 9.17) is 25.9 Å². The maximum atomic E-state index is 13.5. The summed E-state index contributed by atoms with van der Waals surface area (Å²) >= 11 is 0. The molecular weight excluding hydrogens is 540 g/mol. The zero-order valence-electron chi connectivity index (χ0n) is 23.3. The number of benzene rings is 2. The van der Waals surface area contributed by atoms with E-state index in [0.29, 0.717) is 29.0 Å². The van der Waals surface area contributed by atoms with E-state index in [-0.39, 0.29) is 38.0 Å². The Bertz CT molecular complexity index is 1590. The number of esters is 2. The van der Waals surface area contributed by atoms with Crippen molar-refractivity contribution >= 4 is 46.2 Å². The van der Waals surface area contributed by atoms with Gasteiger partial charge in [0.25, 0.3) is 5.91 Å². The fraction of sp³-hybridized carbons (Fsp3) is 0.241. The molecule has 42 heavy (non-hydrogen) atoms. The quantitative estimate of drug-likeness (QED) is 0.129. The molecule has 0 unspecified atom stereocenters. The number of imidazole rings is 1. The average molecular weight is 573 g/mol. The summed E-state index contributed by atoms with van der Waals surface area (Å²) in [5, 5.41) is 3.33. The van der Waals surface area contributed by atoms with Gasteiger partial charge in [0.05, 0.1) is 37.7 Å². The first-order valence-corrected chi connectivity index (χ1v) is 13.1. The van der Waals surface area contributed by atoms with E-state index in [0.717, 1.165) is 17.0 Å². The smallest absolute Gasteiger partial charge is 0.321 e. The fourth-order valence-corrected chi connectivity index (χ4v) is 4.10. The molecule has 0 aliphatic carbocycles. The number of nitrogens with one attached hydrogen (secondary N) is 1. The van der Waals surface area contributed by atoms with Crippen LogP contribution >= 0.6 is 0 Å². The molecule has 218 valence electrons. The first-order chi connectivity index (χ1) is 20.3. The first kappa shape index (κ1) is 29.7. The number of ether oxygens (including phenoxy) is 2. The Morgan fingerprint density at radius 3 is 2.50 bits per heavy atom. The number of nitrogens with two attached hydrogens (primary N) is 2. The first-order valence-electron chi connectivity index (χ1n) is 13.1. The second-order valence-electron chi connectivity index (χ2n) is 9.09. The summed E-state index contributed by atoms with van der Waals surface area (Å²) in [5.74, 6) is 0.153. The van der Waals surface area contributed by atoms with Crippen LogP contribution in [0, 0.1) is 0 Å². The summed E-state index contributed by atoms with van der Waals surface area (Å²) in [4.78, 5) is 50.9. The van der Waals surface area contributed by atoms with Crippen molar-refractivity contribution in [2.24, 2.45) is 23.5 Å². The van der Waals surface area contributed by atoms with E-state index in [9.17, 15) is 14.4 Å². The van der Waals surface area contributed by atoms with Crippen molar-refractivity contribution in [2.45, 2.75) is 13.0 Å². The van der Waals surface area contributed by atoms with Crippen molar-refractivity contribution in [1.82, 2.24) is 14.5 Å². The van der Waals surface area contributed by atoms with Crippen molar-refractivity contribution in [3.8, 4) is 0 Å². The second-order valence-corrected chi connectivity index (χ2v) is 9.09. The van der Waals surface area contributed by atoms with E-state index in [2.05, 4.69) is 15.3 Å². The average Bonchev–Trinajstić information content (AvgIpc) is 3.34. The molecule has 4 aromatic rings. The van der Waals surface area contributed by atoms with Crippen molar-refractivity contribution < 1.29 is 23.9 Å². The van der Waals surface area contributed by atoms with Gasteiger partial charge in [-0.3, -0.25) is 19.3 Å². The van der Waals surface area contributed by atoms with E-state index >= 15 is 0 Å². The molecule has 13 heteroatoms. The number of carbonyl (C=O) groups is 3. The Hall–Kier alpha value is -5.30. The topological polar surface area (TPSA) is 180 Å². The van der Waals surface area contributed by atoms with Crippen molar-refractivity contribution in [2.75, 3.05) is 37.1 Å². The van der Waals surface area contributed by atoms with Crippen LogP contribution in [0.25, 0.3) is 11.0 Å². The number of amidine groups is 1. The normalized spacial score (nSPS) is 11.3. The third-order valence-electron chi connectivity index (χ3n) is 6.42. The molecule has 0 fully saturated rings. The van der Waals surface area contributed by atoms with Gasteiger partial charge in [0.15, 0.2) is 6.73 Å². The monoisotopic (exact) mass is 572 g/mol. The number of fused-ring (bicyclic) bond motifs is 1. The number of nitrogens with zero attached hydrogens (tertiary/aromatic N) is 5. The van der Waals surface area contributed by atoms with Crippen LogP contribution in [0.4, 0.5) is 11.5 Å². The molecule has 2 aromatic carbocycles. The summed E-state index contributed by atoms with van der Waals surface area (Å²) in [6.45, 7) is 0.127. The lowest BCUT2D eigenvalue weighted by Crippen LogP contribution is -2.33. The van der Waals surface area contributed by atoms with Gasteiger partial charge >= 0.3 is 11.9 Å². The van der Waals surface area contributed by atoms with Gasteiger partial charge in [0.1, 0.15) is 17.5 Å². The maximum Gasteiger partial charge on any atom is 0.321 e. The van der Waals surface area contributed by atoms with Crippen LogP contribution in [0.2, 0.25) is 0 Å². The highest BCUT2D eigenvalue weighted by Crippen LogP contribution is 2.21. The lowest BCUT2D eigenvalue weighted by molar-refractivity contribution is -0.142. The van der Waals surface area contributed by atoms with Gasteiger partial charge in [0, 0.05) is 36.6 Å². The summed E-state index contributed by atoms with van der Waals surface area (Å²) in [7, 11) is 3.21. The van der Waals surface area contributed by atoms with Crippen molar-refractivity contribution in [1.29, 1.82) is 0 Å². The van der Waals surface area contributed by atoms with Gasteiger partial charge in [-0.05, 0) is 54.6 Å². The molecule has 0 aliphatic heterocycles. The Labute approximate surface area is 242 Å². The number of hydrogen-bond acceptors (Lipinski definition) is 10. The minimum absolute atomic E-state index is 0.0328. The molecule has 0 aliphatic rings. The predicted molar refractivity (Wildman–Crippen MR) is 158 cm³/mol. The molecule has 13 nitrogen and oxygen atoms in total. The van der Waals surface area contributed by atoms with Gasteiger partial charge < -0.3 is 30.8 Å². The number of aromatic nitrogens is 3. The molecule has 4 rings (SSSR count). The molecule has 0 spiro atoms. The molecule has 0 saturated heterocycles. The lowest BCUT2D eigenvalue weighted by atomic mass is 10.1. The summed E-state index contributed by atoms with van der Waals surface area (Å²) in [6.07, 6.45) is 1.62. The number of methoxy groups -OCH3 is 1. The minimum atomic E-state index is -0.557. The van der Waals surface area contributed by atoms with Crippen LogP contribution in [-0.2, 0) is 32.7 Å². The van der Waals surface area contributed by atoms with Crippen LogP contribution in [0.5, 0.6) is 0 Å². The minimum Gasteiger partial charge on any atom is -0.469 e. The standard InChI is InChI=1S/C29H32N8O5/c1-36-23-11-8-20(29(40)37(14-12-26(38)41-2)24-5-3-4-13-32-24)15-22(23)35-25(36)17-33-21-9-6-19(7-10-21)28(31)34-18-42-27(39)16-30/h3-11,13,15,33H,12,14,16-18,30H2,1-2H3,(H2,31,34). The van der Waals surface area contributed by atoms with E-state index in [1.54, 1.807) is 48.7 Å². The molecule has 0 radical (unpaired) electrons. The van der Waals surface area contributed by atoms with Gasteiger partial charge in [-0.2, -0.15) is 0 Å². The Morgan fingerprint density at radius 1 is 1.05 bits per heavy atom. The maximum absolute atomic E-state index is 13.5. The SMILES string of the molecule is COC(=O)CCN(C(=O)c1ccc2c(c1)nc(CNc1ccc(/C(N)=N/COC(=O)CN)cc1)n2C)c1ccccn1. The number of aryl methyl sites for hydroxylation is 1. The van der Waals surface area contributed by atoms with Crippen LogP contribution in [-0.4, -0.2) is 65.1 Å². The predicted octanol–water partition coefficient (Wildman–Crippen LogP) is 1.96. The zero-order valence-corrected chi connectivity index (χ0v) is 23.3. The van der Waals surface area contributed by atoms with Crippen LogP contribution in [0.15, 0.2) is 71.9 Å². The molecular formula is C29H32N8O5. The highest BCUT2D eigenvalue weighted by Gasteiger charge is 2.21. The molecule has 2 heterocycles. The number of carbonyl (C=O) groups excluding carboxylic acids is 3. The van der Waals surface area contributed by atoms with Crippen LogP contribution in [0.1, 0.15) is 28.2 Å². The van der Waals surface area contributed by atoms with E-state index in [1.165, 1.54) is 12.0 Å². The molecule has 1 amide bonds. The summed E-state index contributed by atoms with van der Waals surface area (Å²) < 4.78 is 11.5. The number of pyridine rings is 1. The van der Waals surface area contributed by atoms with Gasteiger partial charge in [0.2, 0.25) is 0 Å². The molecule has 5 N–H and O–H groups in total. The van der Waals surface area contributed by atoms with Gasteiger partial charge in [-0.1, -0.05) is 6.07 Å². The second kappa shape index (κ2) is 13.9. The fourth-order valence-electron chi connectivity index (χ4n) is 4.10. The molecule has 2 aromatic heterocycles. The number of aliphatic imine (C=N–C) groups is 1. The Morgan fingerprint density at radius 2 is 1.81 bits per heavy atom. The lowest BCUT2D eigenvalue weighted by Gasteiger charge is -2.21. The van der Waals surface area contributed by atoms with Crippen LogP contribution in [0.3, 0.4) is 0 Å². The zero-order chi connectivity index (χ0) is 30.1. The number of amides is 1. The number of rotatable bonds is 12. The molecule has 0 bridgehead atoms. The van der Waals surface area contributed by atoms with E-state index in [1.807, 2.05) is 29.8 Å². The number of anilines is 2. The molecule has 0 saturated carbocycles. The molecule has 0 atom stereocenters. The third-order valence-corrected chi connectivity index (χ3v) is 6.42. The summed E-state index contributed by atoms with van der Waals surface area (Å²) in [6, 6.07) is 17.9. The highest BCUT2D eigenvalue weighted by molar-refractivity contribution is 6.07. The van der Waals surface area contributed by atoms with Crippen molar-refractivity contribution in [3.63, 3.8) is 0 Å². The van der Waals surface area contributed by atoms with Crippen LogP contribution < -0.4 is 21.7 Å². The van der Waals surface area contributed by atoms with Gasteiger partial charge in [-0.25, -0.2) is 15.0 Å². The largest absolute Gasteiger partial charge is 0.469 e. The number of hydrogen-bond donors (Lipinski definition) is 3.